The molecule has 0 spiro atoms. The first-order valence-corrected chi connectivity index (χ1v) is 20.8. The number of rotatable bonds is 14. The molecule has 1 amide bonds. The lowest BCUT2D eigenvalue weighted by atomic mass is 9.95. The van der Waals surface area contributed by atoms with Crippen molar-refractivity contribution in [1.82, 2.24) is 14.6 Å². The average Bonchev–Trinajstić information content (AvgIpc) is 4.10. The number of nitrogens with two attached hydrogens (primary N) is 2. The molecule has 4 aromatic rings. The van der Waals surface area contributed by atoms with E-state index in [1.165, 1.54) is 28.5 Å². The minimum atomic E-state index is -1.03. The van der Waals surface area contributed by atoms with E-state index in [1.807, 2.05) is 26.0 Å². The van der Waals surface area contributed by atoms with Crippen LogP contribution in [-0.2, 0) is 16.3 Å². The summed E-state index contributed by atoms with van der Waals surface area (Å²) in [6.45, 7) is 15.3. The van der Waals surface area contributed by atoms with Crippen LogP contribution in [0.15, 0.2) is 65.5 Å². The molecule has 0 bridgehead atoms. The Morgan fingerprint density at radius 1 is 1.19 bits per heavy atom. The van der Waals surface area contributed by atoms with Gasteiger partial charge in [0.15, 0.2) is 9.03 Å². The Balaban J connectivity index is 0.00000113. The Labute approximate surface area is 342 Å². The van der Waals surface area contributed by atoms with Gasteiger partial charge in [0.2, 0.25) is 0 Å². The molecule has 13 nitrogen and oxygen atoms in total. The molecule has 2 aromatic carbocycles. The maximum absolute atomic E-state index is 14.5. The van der Waals surface area contributed by atoms with Crippen LogP contribution in [0.1, 0.15) is 97.7 Å². The van der Waals surface area contributed by atoms with Crippen LogP contribution in [0.25, 0.3) is 21.7 Å². The van der Waals surface area contributed by atoms with Crippen molar-refractivity contribution in [3.05, 3.63) is 87.2 Å². The number of fused-ring (bicyclic) bond motifs is 3. The third-order valence-corrected chi connectivity index (χ3v) is 10.6. The zero-order valence-electron chi connectivity index (χ0n) is 34.4. The average molecular weight is 821 g/mol. The second kappa shape index (κ2) is 19.8. The van der Waals surface area contributed by atoms with Gasteiger partial charge in [-0.15, -0.1) is 0 Å². The Bertz CT molecular complexity index is 2160. The summed E-state index contributed by atoms with van der Waals surface area (Å²) in [4.78, 5) is 42.7. The first-order chi connectivity index (χ1) is 27.2. The summed E-state index contributed by atoms with van der Waals surface area (Å²) < 4.78 is 12.4. The Kier molecular flexibility index (Phi) is 15.7. The monoisotopic (exact) mass is 820 g/mol. The molecule has 15 heteroatoms. The molecule has 57 heavy (non-hydrogen) atoms. The van der Waals surface area contributed by atoms with Gasteiger partial charge in [-0.25, -0.2) is 10.6 Å². The van der Waals surface area contributed by atoms with Gasteiger partial charge in [-0.05, 0) is 59.4 Å². The number of carbonyl (C=O) groups is 1. The van der Waals surface area contributed by atoms with Gasteiger partial charge in [-0.1, -0.05) is 85.0 Å². The normalized spacial score (nSPS) is 17.4. The molecule has 0 radical (unpaired) electrons. The van der Waals surface area contributed by atoms with Crippen LogP contribution in [0.3, 0.4) is 0 Å². The highest BCUT2D eigenvalue weighted by atomic mass is 35.5. The van der Waals surface area contributed by atoms with E-state index < -0.39 is 21.2 Å². The summed E-state index contributed by atoms with van der Waals surface area (Å²) in [5.41, 5.74) is 8.86. The number of nitrogens with one attached hydrogen (secondary N) is 1. The van der Waals surface area contributed by atoms with Gasteiger partial charge in [0, 0.05) is 49.4 Å². The van der Waals surface area contributed by atoms with Crippen LogP contribution < -0.4 is 27.4 Å². The number of anilines is 2. The topological polar surface area (TPSA) is 185 Å². The van der Waals surface area contributed by atoms with Crippen LogP contribution in [0.2, 0.25) is 5.02 Å². The van der Waals surface area contributed by atoms with Gasteiger partial charge < -0.3 is 34.8 Å². The van der Waals surface area contributed by atoms with Gasteiger partial charge in [-0.3, -0.25) is 14.7 Å². The molecule has 2 unspecified atom stereocenters. The van der Waals surface area contributed by atoms with Crippen molar-refractivity contribution in [3.63, 3.8) is 0 Å². The number of hydrazine groups is 1. The summed E-state index contributed by atoms with van der Waals surface area (Å²) in [5, 5.41) is 16.9. The summed E-state index contributed by atoms with van der Waals surface area (Å²) in [7, 11) is 0.984. The smallest absolute Gasteiger partial charge is 0.415 e. The fourth-order valence-electron chi connectivity index (χ4n) is 6.34. The molecular weight excluding hydrogens is 763 g/mol. The molecule has 0 aliphatic heterocycles. The highest BCUT2D eigenvalue weighted by Crippen LogP contribution is 2.69. The minimum absolute atomic E-state index is 0.0279. The number of pyridine rings is 2. The van der Waals surface area contributed by atoms with Crippen molar-refractivity contribution in [3.8, 4) is 6.07 Å². The van der Waals surface area contributed by atoms with Crippen molar-refractivity contribution in [1.29, 1.82) is 5.26 Å². The van der Waals surface area contributed by atoms with Crippen molar-refractivity contribution >= 4 is 59.8 Å². The molecular formula is C42H58ClN8O5P. The second-order valence-electron chi connectivity index (χ2n) is 15.4. The van der Waals surface area contributed by atoms with Crippen LogP contribution in [-0.4, -0.2) is 50.8 Å². The van der Waals surface area contributed by atoms with Crippen LogP contribution in [0.5, 0.6) is 0 Å². The van der Waals surface area contributed by atoms with E-state index in [2.05, 4.69) is 51.0 Å². The van der Waals surface area contributed by atoms with Gasteiger partial charge in [0.1, 0.15) is 12.1 Å². The van der Waals surface area contributed by atoms with Gasteiger partial charge in [0.25, 0.3) is 5.56 Å². The number of halogens is 1. The fourth-order valence-corrected chi connectivity index (χ4v) is 6.84. The Morgan fingerprint density at radius 2 is 1.88 bits per heavy atom. The standard InChI is InChI=1S/C36H42ClN8O5P.C4H10.C2H6/c1-35(2,3)20-42-30-21(17-38)18-41-31-27(30)13-23(14-28(31)37)45(34(47)49-11-6-12-50-51-48)32(29(39)19-44(40)36-15-22(36)16-36)25-7-5-8-26-24(25)9-10-43(4)33(26)46;1-3-4-2;1-2/h5,7-10,13-14,18-19,22,32,48,51H,6,11-12,15-16,20,39-40H2,1-4H3,(H,41,42);3-4H2,1-2H3;1-2H3/b29-19-;;. The third kappa shape index (κ3) is 10.6. The van der Waals surface area contributed by atoms with E-state index in [0.717, 1.165) is 12.8 Å². The van der Waals surface area contributed by atoms with E-state index in [1.54, 1.807) is 48.7 Å². The lowest BCUT2D eigenvalue weighted by Gasteiger charge is -2.34. The molecule has 308 valence electrons. The largest absolute Gasteiger partial charge is 0.449 e. The fraction of sp³-hybridized carbons (Fsp3) is 0.476. The zero-order chi connectivity index (χ0) is 42.1. The number of aryl methyl sites for hydroxylation is 1. The van der Waals surface area contributed by atoms with E-state index in [-0.39, 0.29) is 40.4 Å². The summed E-state index contributed by atoms with van der Waals surface area (Å²) >= 11 is 6.94. The number of nitrogens with zero attached hydrogens (tertiary/aromatic N) is 5. The van der Waals surface area contributed by atoms with E-state index in [4.69, 9.17) is 37.3 Å². The molecule has 2 aromatic heterocycles. The molecule has 2 aliphatic rings. The first kappa shape index (κ1) is 45.3. The quantitative estimate of drug-likeness (QED) is 0.0413. The molecule has 2 saturated carbocycles. The Morgan fingerprint density at radius 3 is 2.47 bits per heavy atom. The number of ether oxygens (including phenoxy) is 1. The highest BCUT2D eigenvalue weighted by Gasteiger charge is 2.72. The van der Waals surface area contributed by atoms with E-state index >= 15 is 0 Å². The van der Waals surface area contributed by atoms with Crippen molar-refractivity contribution in [2.75, 3.05) is 30.0 Å². The predicted molar refractivity (Wildman–Crippen MR) is 232 cm³/mol. The van der Waals surface area contributed by atoms with Crippen LogP contribution in [0, 0.1) is 22.7 Å². The molecule has 6 N–H and O–H groups in total. The number of unbranched alkanes of at least 4 members (excludes halogenated alkanes) is 1. The lowest BCUT2D eigenvalue weighted by molar-refractivity contribution is 0.143. The van der Waals surface area contributed by atoms with E-state index in [9.17, 15) is 14.9 Å². The van der Waals surface area contributed by atoms with Crippen LogP contribution in [0.4, 0.5) is 16.2 Å². The lowest BCUT2D eigenvalue weighted by Crippen LogP contribution is -2.41. The summed E-state index contributed by atoms with van der Waals surface area (Å²) in [5.74, 6) is 7.08. The maximum atomic E-state index is 14.5. The van der Waals surface area contributed by atoms with Crippen molar-refractivity contribution in [2.45, 2.75) is 92.2 Å². The first-order valence-electron chi connectivity index (χ1n) is 19.5. The van der Waals surface area contributed by atoms with Crippen molar-refractivity contribution < 1.29 is 18.9 Å². The number of benzene rings is 2. The number of aromatic nitrogens is 2. The number of amides is 1. The molecule has 0 saturated heterocycles. The Hall–Kier alpha value is -4.44. The van der Waals surface area contributed by atoms with Crippen LogP contribution >= 0.6 is 20.6 Å². The predicted octanol–water partition coefficient (Wildman–Crippen LogP) is 8.63. The van der Waals surface area contributed by atoms with Crippen molar-refractivity contribution in [2.24, 2.45) is 30.0 Å². The summed E-state index contributed by atoms with van der Waals surface area (Å²) in [6, 6.07) is 11.6. The molecule has 2 aliphatic carbocycles. The van der Waals surface area contributed by atoms with Gasteiger partial charge in [-0.2, -0.15) is 5.26 Å². The molecule has 2 heterocycles. The maximum Gasteiger partial charge on any atom is 0.415 e. The number of hydrogen-bond donors (Lipinski definition) is 4. The number of carbonyl (C=O) groups excluding carboxylic acids is 1. The third-order valence-electron chi connectivity index (χ3n) is 9.95. The SMILES string of the molecule is CC.CCCC.Cn1ccc2c(C(/C(N)=C/N(N)C34CC3C4)N(C(=O)OCCCOPO)c3cc(Cl)c4ncc(C#N)c(NCC(C)(C)C)c4c3)cccc2c1=O. The minimum Gasteiger partial charge on any atom is -0.449 e. The van der Waals surface area contributed by atoms with E-state index in [0.29, 0.717) is 63.1 Å². The molecule has 2 fully saturated rings. The van der Waals surface area contributed by atoms with Gasteiger partial charge in [0.05, 0.1) is 51.9 Å². The summed E-state index contributed by atoms with van der Waals surface area (Å²) in [6.07, 6.45) is 8.92. The van der Waals surface area contributed by atoms with Gasteiger partial charge >= 0.3 is 6.09 Å². The highest BCUT2D eigenvalue weighted by molar-refractivity contribution is 7.24. The number of hydrogen-bond acceptors (Lipinski definition) is 11. The number of nitriles is 1. The zero-order valence-corrected chi connectivity index (χ0v) is 36.1. The molecule has 2 atom stereocenters. The molecule has 6 rings (SSSR count). The second-order valence-corrected chi connectivity index (χ2v) is 16.2.